The maximum atomic E-state index is 12.5. The number of aromatic nitrogens is 2. The molecular weight excluding hydrogens is 312 g/mol. The van der Waals surface area contributed by atoms with Gasteiger partial charge in [-0.2, -0.15) is 0 Å². The van der Waals surface area contributed by atoms with Crippen LogP contribution < -0.4 is 9.64 Å². The number of para-hydroxylation sites is 2. The zero-order valence-corrected chi connectivity index (χ0v) is 14.3. The summed E-state index contributed by atoms with van der Waals surface area (Å²) in [6, 6.07) is 8.02. The van der Waals surface area contributed by atoms with Gasteiger partial charge in [-0.1, -0.05) is 16.6 Å². The predicted molar refractivity (Wildman–Crippen MR) is 90.4 cm³/mol. The summed E-state index contributed by atoms with van der Waals surface area (Å²) in [5, 5.41) is 3.90. The molecule has 1 aliphatic rings. The van der Waals surface area contributed by atoms with Crippen molar-refractivity contribution in [2.75, 3.05) is 31.6 Å². The number of hydrogen-bond acceptors (Lipinski definition) is 6. The Morgan fingerprint density at radius 3 is 2.96 bits per heavy atom. The number of carbonyl (C=O) groups excluding carboxylic acids is 1. The molecule has 0 spiro atoms. The van der Waals surface area contributed by atoms with Crippen molar-refractivity contribution in [3.63, 3.8) is 0 Å². The van der Waals surface area contributed by atoms with Gasteiger partial charge in [-0.15, -0.1) is 5.10 Å². The Morgan fingerprint density at radius 2 is 2.26 bits per heavy atom. The van der Waals surface area contributed by atoms with E-state index in [0.717, 1.165) is 36.1 Å². The fourth-order valence-electron chi connectivity index (χ4n) is 2.76. The molecule has 0 bridgehead atoms. The monoisotopic (exact) mass is 332 g/mol. The van der Waals surface area contributed by atoms with Crippen LogP contribution in [0.15, 0.2) is 24.3 Å². The second-order valence-electron chi connectivity index (χ2n) is 5.62. The van der Waals surface area contributed by atoms with Crippen LogP contribution in [0.4, 0.5) is 5.69 Å². The molecule has 0 N–H and O–H groups in total. The van der Waals surface area contributed by atoms with E-state index in [9.17, 15) is 4.79 Å². The maximum absolute atomic E-state index is 12.5. The Kier molecular flexibility index (Phi) is 4.47. The second kappa shape index (κ2) is 6.54. The van der Waals surface area contributed by atoms with Gasteiger partial charge in [0.2, 0.25) is 0 Å². The zero-order chi connectivity index (χ0) is 16.4. The molecule has 0 saturated carbocycles. The first-order valence-corrected chi connectivity index (χ1v) is 8.42. The van der Waals surface area contributed by atoms with Crippen molar-refractivity contribution in [1.29, 1.82) is 0 Å². The molecule has 6 nitrogen and oxygen atoms in total. The van der Waals surface area contributed by atoms with Gasteiger partial charge in [0, 0.05) is 13.6 Å². The van der Waals surface area contributed by atoms with Crippen LogP contribution in [0.3, 0.4) is 0 Å². The van der Waals surface area contributed by atoms with Crippen LogP contribution in [-0.4, -0.2) is 53.2 Å². The normalized spacial score (nSPS) is 16.7. The zero-order valence-electron chi connectivity index (χ0n) is 13.5. The summed E-state index contributed by atoms with van der Waals surface area (Å²) < 4.78 is 9.90. The maximum Gasteiger partial charge on any atom is 0.267 e. The van der Waals surface area contributed by atoms with Gasteiger partial charge in [0.15, 0.2) is 0 Å². The summed E-state index contributed by atoms with van der Waals surface area (Å²) in [6.45, 7) is 6.13. The summed E-state index contributed by atoms with van der Waals surface area (Å²) >= 11 is 1.14. The first-order valence-electron chi connectivity index (χ1n) is 7.65. The molecule has 0 saturated heterocycles. The van der Waals surface area contributed by atoms with Gasteiger partial charge in [0.05, 0.1) is 24.5 Å². The first-order chi connectivity index (χ1) is 11.1. The quantitative estimate of drug-likeness (QED) is 0.859. The highest BCUT2D eigenvalue weighted by molar-refractivity contribution is 7.07. The summed E-state index contributed by atoms with van der Waals surface area (Å²) in [4.78, 5) is 17.0. The molecule has 2 aromatic rings. The molecule has 1 amide bonds. The minimum atomic E-state index is -0.0556. The van der Waals surface area contributed by atoms with E-state index in [1.165, 1.54) is 0 Å². The van der Waals surface area contributed by atoms with Gasteiger partial charge < -0.3 is 14.5 Å². The lowest BCUT2D eigenvalue weighted by molar-refractivity contribution is 0.0713. The third-order valence-electron chi connectivity index (χ3n) is 3.98. The number of carbonyl (C=O) groups is 1. The van der Waals surface area contributed by atoms with Crippen molar-refractivity contribution in [2.45, 2.75) is 20.0 Å². The fourth-order valence-corrected chi connectivity index (χ4v) is 3.41. The molecule has 1 aromatic heterocycles. The molecule has 0 fully saturated rings. The molecular formula is C16H20N4O2S. The van der Waals surface area contributed by atoms with Crippen LogP contribution in [0.2, 0.25) is 0 Å². The molecule has 0 radical (unpaired) electrons. The standard InChI is InChI=1S/C16H20N4O2S/c1-4-20-10-12(22-14-8-6-5-7-13(14)20)9-19(3)16(21)15-11(2)17-18-23-15/h5-8,12H,4,9-10H2,1-3H3/t12-/m0/s1. The molecule has 3 rings (SSSR count). The van der Waals surface area contributed by atoms with Crippen LogP contribution in [0.5, 0.6) is 5.75 Å². The lowest BCUT2D eigenvalue weighted by atomic mass is 10.2. The van der Waals surface area contributed by atoms with Gasteiger partial charge >= 0.3 is 0 Å². The number of fused-ring (bicyclic) bond motifs is 1. The number of hydrogen-bond donors (Lipinski definition) is 0. The topological polar surface area (TPSA) is 58.6 Å². The van der Waals surface area contributed by atoms with Crippen molar-refractivity contribution in [3.05, 3.63) is 34.8 Å². The second-order valence-corrected chi connectivity index (χ2v) is 6.37. The SMILES string of the molecule is CCN1C[C@H](CN(C)C(=O)c2snnc2C)Oc2ccccc21. The Hall–Kier alpha value is -2.15. The fraction of sp³-hybridized carbons (Fsp3) is 0.438. The van der Waals surface area contributed by atoms with Gasteiger partial charge in [-0.05, 0) is 37.5 Å². The largest absolute Gasteiger partial charge is 0.485 e. The number of nitrogens with zero attached hydrogens (tertiary/aromatic N) is 4. The smallest absolute Gasteiger partial charge is 0.267 e. The molecule has 1 aliphatic heterocycles. The number of amides is 1. The average Bonchev–Trinajstić information content (AvgIpc) is 2.99. The third-order valence-corrected chi connectivity index (χ3v) is 4.79. The van der Waals surface area contributed by atoms with Crippen molar-refractivity contribution in [1.82, 2.24) is 14.5 Å². The van der Waals surface area contributed by atoms with E-state index >= 15 is 0 Å². The molecule has 7 heteroatoms. The van der Waals surface area contributed by atoms with Gasteiger partial charge in [0.1, 0.15) is 16.7 Å². The van der Waals surface area contributed by atoms with Gasteiger partial charge in [-0.25, -0.2) is 0 Å². The number of ether oxygens (including phenoxy) is 1. The van der Waals surface area contributed by atoms with Crippen LogP contribution in [0, 0.1) is 6.92 Å². The van der Waals surface area contributed by atoms with Crippen LogP contribution in [0.1, 0.15) is 22.3 Å². The van der Waals surface area contributed by atoms with E-state index in [4.69, 9.17) is 4.74 Å². The Balaban J connectivity index is 1.71. The van der Waals surface area contributed by atoms with E-state index in [-0.39, 0.29) is 12.0 Å². The van der Waals surface area contributed by atoms with Crippen molar-refractivity contribution < 1.29 is 9.53 Å². The number of rotatable bonds is 4. The van der Waals surface area contributed by atoms with E-state index in [2.05, 4.69) is 27.5 Å². The molecule has 1 aromatic carbocycles. The number of likely N-dealkylation sites (N-methyl/N-ethyl adjacent to an activating group) is 2. The Labute approximate surface area is 139 Å². The van der Waals surface area contributed by atoms with Crippen molar-refractivity contribution in [3.8, 4) is 5.75 Å². The molecule has 2 heterocycles. The number of benzene rings is 1. The summed E-state index contributed by atoms with van der Waals surface area (Å²) in [6.07, 6.45) is -0.0556. The van der Waals surface area contributed by atoms with Crippen molar-refractivity contribution >= 4 is 23.1 Å². The summed E-state index contributed by atoms with van der Waals surface area (Å²) in [5.41, 5.74) is 1.79. The van der Waals surface area contributed by atoms with Gasteiger partial charge in [-0.3, -0.25) is 4.79 Å². The lowest BCUT2D eigenvalue weighted by Gasteiger charge is -2.37. The number of anilines is 1. The molecule has 0 aliphatic carbocycles. The lowest BCUT2D eigenvalue weighted by Crippen LogP contribution is -2.46. The van der Waals surface area contributed by atoms with Crippen molar-refractivity contribution in [2.24, 2.45) is 0 Å². The highest BCUT2D eigenvalue weighted by atomic mass is 32.1. The van der Waals surface area contributed by atoms with Crippen LogP contribution in [0.25, 0.3) is 0 Å². The Bertz CT molecular complexity index is 703. The first kappa shape index (κ1) is 15.7. The summed E-state index contributed by atoms with van der Waals surface area (Å²) in [7, 11) is 1.79. The summed E-state index contributed by atoms with van der Waals surface area (Å²) in [5.74, 6) is 0.824. The highest BCUT2D eigenvalue weighted by Crippen LogP contribution is 2.32. The van der Waals surface area contributed by atoms with E-state index in [1.54, 1.807) is 18.9 Å². The van der Waals surface area contributed by atoms with E-state index in [1.807, 2.05) is 18.2 Å². The predicted octanol–water partition coefficient (Wildman–Crippen LogP) is 2.21. The van der Waals surface area contributed by atoms with E-state index in [0.29, 0.717) is 17.1 Å². The van der Waals surface area contributed by atoms with Gasteiger partial charge in [0.25, 0.3) is 5.91 Å². The highest BCUT2D eigenvalue weighted by Gasteiger charge is 2.27. The minimum Gasteiger partial charge on any atom is -0.485 e. The molecule has 0 unspecified atom stereocenters. The molecule has 23 heavy (non-hydrogen) atoms. The molecule has 122 valence electrons. The minimum absolute atomic E-state index is 0.0528. The average molecular weight is 332 g/mol. The van der Waals surface area contributed by atoms with Crippen LogP contribution >= 0.6 is 11.5 Å². The Morgan fingerprint density at radius 1 is 1.48 bits per heavy atom. The third kappa shape index (κ3) is 3.14. The van der Waals surface area contributed by atoms with Crippen LogP contribution in [-0.2, 0) is 0 Å². The number of aryl methyl sites for hydroxylation is 1. The molecule has 1 atom stereocenters. The van der Waals surface area contributed by atoms with E-state index < -0.39 is 0 Å².